The van der Waals surface area contributed by atoms with Crippen LogP contribution in [0.15, 0.2) is 12.1 Å². The number of β-lactam (4-membered cyclic amide) rings is 1. The lowest BCUT2D eigenvalue weighted by atomic mass is 9.62. The molecule has 30 heavy (non-hydrogen) atoms. The average Bonchev–Trinajstić information content (AvgIpc) is 2.67. The zero-order valence-electron chi connectivity index (χ0n) is 19.2. The minimum atomic E-state index is -1.20. The van der Waals surface area contributed by atoms with Crippen LogP contribution in [0, 0.1) is 23.2 Å². The van der Waals surface area contributed by atoms with Gasteiger partial charge in [0, 0.05) is 23.7 Å². The third-order valence-corrected chi connectivity index (χ3v) is 7.40. The molecule has 1 aliphatic heterocycles. The fraction of sp³-hybridized carbons (Fsp3) is 0.652. The van der Waals surface area contributed by atoms with Crippen LogP contribution in [0.2, 0.25) is 13.1 Å². The van der Waals surface area contributed by atoms with Gasteiger partial charge in [-0.1, -0.05) is 20.8 Å². The summed E-state index contributed by atoms with van der Waals surface area (Å²) in [4.78, 5) is 26.1. The summed E-state index contributed by atoms with van der Waals surface area (Å²) in [7, 11) is 2.00. The summed E-state index contributed by atoms with van der Waals surface area (Å²) in [6.07, 6.45) is 1.41. The molecule has 0 unspecified atom stereocenters. The highest BCUT2D eigenvalue weighted by Gasteiger charge is 2.53. The molecule has 1 fully saturated rings. The molecule has 0 saturated carbocycles. The number of rotatable bonds is 7. The number of carbonyl (C=O) groups excluding carboxylic acids is 2. The summed E-state index contributed by atoms with van der Waals surface area (Å²) >= 11 is 0. The van der Waals surface area contributed by atoms with E-state index < -0.39 is 9.04 Å². The van der Waals surface area contributed by atoms with Crippen LogP contribution in [0.1, 0.15) is 43.1 Å². The van der Waals surface area contributed by atoms with E-state index in [0.717, 1.165) is 12.0 Å². The lowest BCUT2D eigenvalue weighted by molar-refractivity contribution is -0.143. The molecule has 6 nitrogen and oxygen atoms in total. The molecule has 0 spiro atoms. The predicted octanol–water partition coefficient (Wildman–Crippen LogP) is 3.23. The van der Waals surface area contributed by atoms with Gasteiger partial charge < -0.3 is 19.2 Å². The van der Waals surface area contributed by atoms with Crippen molar-refractivity contribution >= 4 is 20.7 Å². The second kappa shape index (κ2) is 8.71. The quantitative estimate of drug-likeness (QED) is 0.528. The highest BCUT2D eigenvalue weighted by molar-refractivity contribution is 6.48. The van der Waals surface area contributed by atoms with Crippen LogP contribution in [0.4, 0.5) is 0 Å². The van der Waals surface area contributed by atoms with E-state index in [1.165, 1.54) is 0 Å². The molecule has 1 aliphatic carbocycles. The molecule has 1 heterocycles. The molecule has 3 rings (SSSR count). The number of ketones is 1. The second-order valence-corrected chi connectivity index (χ2v) is 12.2. The first-order valence-electron chi connectivity index (χ1n) is 10.8. The number of amides is 1. The van der Waals surface area contributed by atoms with Gasteiger partial charge in [0.1, 0.15) is 0 Å². The molecule has 1 aromatic carbocycles. The molecule has 2 aliphatic rings. The van der Waals surface area contributed by atoms with Gasteiger partial charge in [0.2, 0.25) is 5.91 Å². The van der Waals surface area contributed by atoms with E-state index in [2.05, 4.69) is 39.2 Å². The number of methoxy groups -OCH3 is 2. The van der Waals surface area contributed by atoms with Gasteiger partial charge in [-0.25, -0.2) is 0 Å². The van der Waals surface area contributed by atoms with Gasteiger partial charge in [0.05, 0.1) is 26.2 Å². The standard InChI is InChI=1S/C23H35NO5Si/c1-23(2,3)16(12-29-30(6)7)18-19(24-22(18)26)15-9-8-14-13(20(15)25)10-11-17(27-4)21(14)28-5/h10-11,15-16,18-19,30H,8-9,12H2,1-7H3,(H,24,26)/t15-,16-,18+,19-/m1/s1. The minimum Gasteiger partial charge on any atom is -0.493 e. The first kappa shape index (κ1) is 22.8. The van der Waals surface area contributed by atoms with Crippen LogP contribution >= 0.6 is 0 Å². The number of hydrogen-bond donors (Lipinski definition) is 1. The number of fused-ring (bicyclic) bond motifs is 1. The number of benzene rings is 1. The van der Waals surface area contributed by atoms with Gasteiger partial charge in [-0.05, 0) is 49.4 Å². The molecule has 4 atom stereocenters. The summed E-state index contributed by atoms with van der Waals surface area (Å²) in [5, 5.41) is 3.06. The summed E-state index contributed by atoms with van der Waals surface area (Å²) in [5.41, 5.74) is 1.50. The smallest absolute Gasteiger partial charge is 0.225 e. The van der Waals surface area contributed by atoms with Crippen LogP contribution in [0.25, 0.3) is 0 Å². The number of carbonyl (C=O) groups is 2. The second-order valence-electron chi connectivity index (χ2n) is 9.75. The fourth-order valence-corrected chi connectivity index (χ4v) is 5.42. The molecule has 166 valence electrons. The highest BCUT2D eigenvalue weighted by Crippen LogP contribution is 2.45. The maximum absolute atomic E-state index is 13.4. The lowest BCUT2D eigenvalue weighted by Crippen LogP contribution is -2.67. The monoisotopic (exact) mass is 433 g/mol. The summed E-state index contributed by atoms with van der Waals surface area (Å²) in [5.74, 6) is 1.05. The number of Topliss-reactive ketones (excluding diaryl/α,β-unsaturated/α-hetero) is 1. The Kier molecular flexibility index (Phi) is 6.62. The minimum absolute atomic E-state index is 0.0415. The van der Waals surface area contributed by atoms with Crippen molar-refractivity contribution in [1.29, 1.82) is 0 Å². The zero-order chi connectivity index (χ0) is 22.2. The van der Waals surface area contributed by atoms with Gasteiger partial charge in [0.15, 0.2) is 26.3 Å². The SMILES string of the molecule is COc1ccc2c(c1OC)CC[C@H]([C@H]1NC(=O)[C@H]1[C@@H](CO[SiH](C)C)C(C)(C)C)C2=O. The maximum atomic E-state index is 13.4. The third kappa shape index (κ3) is 4.14. The summed E-state index contributed by atoms with van der Waals surface area (Å²) < 4.78 is 17.0. The Morgan fingerprint density at radius 1 is 1.17 bits per heavy atom. The predicted molar refractivity (Wildman–Crippen MR) is 119 cm³/mol. The topological polar surface area (TPSA) is 73.9 Å². The van der Waals surface area contributed by atoms with Crippen molar-refractivity contribution in [2.75, 3.05) is 20.8 Å². The van der Waals surface area contributed by atoms with E-state index in [1.807, 2.05) is 6.07 Å². The van der Waals surface area contributed by atoms with Crippen molar-refractivity contribution < 1.29 is 23.5 Å². The maximum Gasteiger partial charge on any atom is 0.225 e. The van der Waals surface area contributed by atoms with E-state index in [9.17, 15) is 9.59 Å². The molecule has 7 heteroatoms. The van der Waals surface area contributed by atoms with Crippen molar-refractivity contribution in [2.24, 2.45) is 23.2 Å². The Balaban J connectivity index is 1.87. The first-order chi connectivity index (χ1) is 14.1. The normalized spacial score (nSPS) is 24.7. The number of hydrogen-bond acceptors (Lipinski definition) is 5. The molecule has 1 N–H and O–H groups in total. The van der Waals surface area contributed by atoms with Crippen molar-refractivity contribution in [1.82, 2.24) is 5.32 Å². The lowest BCUT2D eigenvalue weighted by Gasteiger charge is -2.49. The van der Waals surface area contributed by atoms with Crippen LogP contribution in [-0.2, 0) is 15.6 Å². The van der Waals surface area contributed by atoms with E-state index in [0.29, 0.717) is 30.1 Å². The van der Waals surface area contributed by atoms with Crippen molar-refractivity contribution in [3.63, 3.8) is 0 Å². The molecule has 0 radical (unpaired) electrons. The zero-order valence-corrected chi connectivity index (χ0v) is 20.4. The van der Waals surface area contributed by atoms with Crippen LogP contribution in [-0.4, -0.2) is 47.6 Å². The first-order valence-corrected chi connectivity index (χ1v) is 13.6. The Morgan fingerprint density at radius 2 is 1.87 bits per heavy atom. The fourth-order valence-electron chi connectivity index (χ4n) is 4.83. The highest BCUT2D eigenvalue weighted by atomic mass is 28.3. The Bertz CT molecular complexity index is 817. The van der Waals surface area contributed by atoms with E-state index in [4.69, 9.17) is 13.9 Å². The number of nitrogens with one attached hydrogen (secondary N) is 1. The van der Waals surface area contributed by atoms with Gasteiger partial charge in [-0.3, -0.25) is 9.59 Å². The van der Waals surface area contributed by atoms with Gasteiger partial charge in [-0.2, -0.15) is 0 Å². The molecule has 1 saturated heterocycles. The molecular formula is C23H35NO5Si. The van der Waals surface area contributed by atoms with Crippen LogP contribution in [0.5, 0.6) is 11.5 Å². The third-order valence-electron chi connectivity index (χ3n) is 6.54. The van der Waals surface area contributed by atoms with Gasteiger partial charge in [0.25, 0.3) is 0 Å². The largest absolute Gasteiger partial charge is 0.493 e. The van der Waals surface area contributed by atoms with Crippen LogP contribution < -0.4 is 14.8 Å². The summed E-state index contributed by atoms with van der Waals surface area (Å²) in [6, 6.07) is 3.47. The van der Waals surface area contributed by atoms with E-state index in [-0.39, 0.29) is 40.9 Å². The molecule has 0 bridgehead atoms. The van der Waals surface area contributed by atoms with E-state index in [1.54, 1.807) is 20.3 Å². The Morgan fingerprint density at radius 3 is 2.40 bits per heavy atom. The van der Waals surface area contributed by atoms with Gasteiger partial charge >= 0.3 is 0 Å². The molecule has 0 aromatic heterocycles. The van der Waals surface area contributed by atoms with Crippen molar-refractivity contribution in [2.45, 2.75) is 52.7 Å². The Labute approximate surface area is 181 Å². The van der Waals surface area contributed by atoms with Crippen molar-refractivity contribution in [3.8, 4) is 11.5 Å². The summed E-state index contributed by atoms with van der Waals surface area (Å²) in [6.45, 7) is 11.3. The van der Waals surface area contributed by atoms with E-state index >= 15 is 0 Å². The van der Waals surface area contributed by atoms with Crippen molar-refractivity contribution in [3.05, 3.63) is 23.3 Å². The molecular weight excluding hydrogens is 398 g/mol. The number of ether oxygens (including phenoxy) is 2. The molecule has 1 aromatic rings. The van der Waals surface area contributed by atoms with Crippen LogP contribution in [0.3, 0.4) is 0 Å². The Hall–Kier alpha value is -1.86. The van der Waals surface area contributed by atoms with Gasteiger partial charge in [-0.15, -0.1) is 0 Å². The molecule has 1 amide bonds. The average molecular weight is 434 g/mol.